The molecule has 2 rings (SSSR count). The summed E-state index contributed by atoms with van der Waals surface area (Å²) < 4.78 is 0. The van der Waals surface area contributed by atoms with Gasteiger partial charge in [0.25, 0.3) is 0 Å². The van der Waals surface area contributed by atoms with Crippen molar-refractivity contribution in [3.05, 3.63) is 0 Å². The zero-order chi connectivity index (χ0) is 6.10. The first-order valence-electron chi connectivity index (χ1n) is 3.94. The quantitative estimate of drug-likeness (QED) is 0.547. The molecule has 0 aromatic carbocycles. The largest absolute Gasteiger partial charge is 0.302 e. The molecule has 0 radical (unpaired) electrons. The van der Waals surface area contributed by atoms with Crippen molar-refractivity contribution in [2.24, 2.45) is 0 Å². The van der Waals surface area contributed by atoms with Gasteiger partial charge in [-0.25, -0.2) is 0 Å². The summed E-state index contributed by atoms with van der Waals surface area (Å²) in [5.74, 6) is 0. The molecule has 2 heterocycles. The van der Waals surface area contributed by atoms with Gasteiger partial charge in [0, 0.05) is 13.1 Å². The van der Waals surface area contributed by atoms with E-state index in [-0.39, 0.29) is 0 Å². The fraction of sp³-hybridized carbons (Fsp3) is 1.00. The van der Waals surface area contributed by atoms with E-state index < -0.39 is 0 Å². The first-order valence-corrected chi connectivity index (χ1v) is 3.94. The molecule has 2 aliphatic heterocycles. The summed E-state index contributed by atoms with van der Waals surface area (Å²) in [7, 11) is 0. The van der Waals surface area contributed by atoms with E-state index in [0.717, 1.165) is 6.17 Å². The van der Waals surface area contributed by atoms with Crippen LogP contribution >= 0.6 is 0 Å². The third-order valence-corrected chi connectivity index (χ3v) is 2.37. The second kappa shape index (κ2) is 2.27. The lowest BCUT2D eigenvalue weighted by atomic mass is 10.2. The number of rotatable bonds is 1. The van der Waals surface area contributed by atoms with Crippen molar-refractivity contribution in [3.8, 4) is 0 Å². The average molecular weight is 126 g/mol. The third kappa shape index (κ3) is 0.970. The molecule has 52 valence electrons. The predicted molar refractivity (Wildman–Crippen MR) is 37.2 cm³/mol. The van der Waals surface area contributed by atoms with Gasteiger partial charge in [0.15, 0.2) is 0 Å². The molecule has 2 fully saturated rings. The summed E-state index contributed by atoms with van der Waals surface area (Å²) in [5, 5.41) is 3.48. The van der Waals surface area contributed by atoms with Gasteiger partial charge in [0.05, 0.1) is 6.17 Å². The Labute approximate surface area is 56.2 Å². The maximum absolute atomic E-state index is 3.48. The van der Waals surface area contributed by atoms with Crippen molar-refractivity contribution in [2.45, 2.75) is 25.4 Å². The van der Waals surface area contributed by atoms with Crippen molar-refractivity contribution >= 4 is 0 Å². The number of hydrogen-bond donors (Lipinski definition) is 1. The van der Waals surface area contributed by atoms with Crippen LogP contribution in [0.5, 0.6) is 0 Å². The summed E-state index contributed by atoms with van der Waals surface area (Å²) in [4.78, 5) is 2.53. The molecule has 1 N–H and O–H groups in total. The molecule has 0 amide bonds. The molecule has 0 spiro atoms. The molecular weight excluding hydrogens is 112 g/mol. The first-order chi connectivity index (χ1) is 4.47. The normalized spacial score (nSPS) is 36.7. The third-order valence-electron chi connectivity index (χ3n) is 2.37. The van der Waals surface area contributed by atoms with Gasteiger partial charge < -0.3 is 5.32 Å². The van der Waals surface area contributed by atoms with Gasteiger partial charge in [0.1, 0.15) is 0 Å². The molecule has 0 saturated carbocycles. The van der Waals surface area contributed by atoms with Crippen LogP contribution in [-0.2, 0) is 0 Å². The zero-order valence-electron chi connectivity index (χ0n) is 5.77. The highest BCUT2D eigenvalue weighted by Crippen LogP contribution is 2.16. The molecule has 2 saturated heterocycles. The van der Waals surface area contributed by atoms with Gasteiger partial charge in [-0.2, -0.15) is 0 Å². The highest BCUT2D eigenvalue weighted by atomic mass is 15.3. The Morgan fingerprint density at radius 2 is 2.11 bits per heavy atom. The van der Waals surface area contributed by atoms with Crippen molar-refractivity contribution in [1.82, 2.24) is 10.2 Å². The van der Waals surface area contributed by atoms with Crippen LogP contribution < -0.4 is 5.32 Å². The summed E-state index contributed by atoms with van der Waals surface area (Å²) in [6.07, 6.45) is 4.91. The van der Waals surface area contributed by atoms with E-state index >= 15 is 0 Å². The van der Waals surface area contributed by atoms with Gasteiger partial charge in [-0.3, -0.25) is 4.90 Å². The number of nitrogens with zero attached hydrogens (tertiary/aromatic N) is 1. The second-order valence-corrected chi connectivity index (χ2v) is 3.00. The summed E-state index contributed by atoms with van der Waals surface area (Å²) >= 11 is 0. The lowest BCUT2D eigenvalue weighted by Gasteiger charge is -2.36. The Balaban J connectivity index is 1.82. The molecule has 0 aliphatic carbocycles. The highest BCUT2D eigenvalue weighted by molar-refractivity contribution is 4.80. The predicted octanol–water partition coefficient (Wildman–Crippen LogP) is 0.402. The van der Waals surface area contributed by atoms with Crippen LogP contribution in [0.25, 0.3) is 0 Å². The minimum Gasteiger partial charge on any atom is -0.302 e. The Kier molecular flexibility index (Phi) is 1.44. The Morgan fingerprint density at radius 3 is 2.56 bits per heavy atom. The molecule has 2 nitrogen and oxygen atoms in total. The van der Waals surface area contributed by atoms with E-state index in [1.165, 1.54) is 38.9 Å². The van der Waals surface area contributed by atoms with Crippen LogP contribution in [0.3, 0.4) is 0 Å². The van der Waals surface area contributed by atoms with E-state index in [1.807, 2.05) is 0 Å². The molecule has 0 aromatic rings. The molecule has 1 atom stereocenters. The summed E-state index contributed by atoms with van der Waals surface area (Å²) in [6.45, 7) is 3.90. The van der Waals surface area contributed by atoms with E-state index in [2.05, 4.69) is 10.2 Å². The standard InChI is InChI=1S/C7H14N2/c1-3-7(8-4-1)9-5-2-6-9/h7-8H,1-6H2. The van der Waals surface area contributed by atoms with Gasteiger partial charge in [-0.1, -0.05) is 0 Å². The van der Waals surface area contributed by atoms with Crippen LogP contribution in [0.15, 0.2) is 0 Å². The zero-order valence-corrected chi connectivity index (χ0v) is 5.77. The monoisotopic (exact) mass is 126 g/mol. The molecular formula is C7H14N2. The van der Waals surface area contributed by atoms with Crippen molar-refractivity contribution < 1.29 is 0 Å². The van der Waals surface area contributed by atoms with E-state index in [9.17, 15) is 0 Å². The first kappa shape index (κ1) is 5.69. The lowest BCUT2D eigenvalue weighted by molar-refractivity contribution is 0.108. The fourth-order valence-electron chi connectivity index (χ4n) is 1.63. The van der Waals surface area contributed by atoms with Crippen LogP contribution in [0, 0.1) is 0 Å². The van der Waals surface area contributed by atoms with Crippen molar-refractivity contribution in [1.29, 1.82) is 0 Å². The Hall–Kier alpha value is -0.0800. The van der Waals surface area contributed by atoms with Crippen LogP contribution in [0.1, 0.15) is 19.3 Å². The van der Waals surface area contributed by atoms with Crippen molar-refractivity contribution in [2.75, 3.05) is 19.6 Å². The van der Waals surface area contributed by atoms with E-state index in [1.54, 1.807) is 0 Å². The summed E-state index contributed by atoms with van der Waals surface area (Å²) in [5.41, 5.74) is 0. The minimum absolute atomic E-state index is 0.749. The number of hydrogen-bond acceptors (Lipinski definition) is 2. The maximum Gasteiger partial charge on any atom is 0.0597 e. The van der Waals surface area contributed by atoms with Gasteiger partial charge in [0.2, 0.25) is 0 Å². The minimum atomic E-state index is 0.749. The van der Waals surface area contributed by atoms with E-state index in [4.69, 9.17) is 0 Å². The molecule has 0 aromatic heterocycles. The van der Waals surface area contributed by atoms with Gasteiger partial charge in [-0.15, -0.1) is 0 Å². The summed E-state index contributed by atoms with van der Waals surface area (Å²) in [6, 6.07) is 0. The highest BCUT2D eigenvalue weighted by Gasteiger charge is 2.25. The maximum atomic E-state index is 3.48. The topological polar surface area (TPSA) is 15.3 Å². The molecule has 2 heteroatoms. The van der Waals surface area contributed by atoms with Crippen LogP contribution in [0.4, 0.5) is 0 Å². The van der Waals surface area contributed by atoms with Gasteiger partial charge >= 0.3 is 0 Å². The SMILES string of the molecule is C1CNC(N2CCC2)C1. The smallest absolute Gasteiger partial charge is 0.0597 e. The Bertz CT molecular complexity index is 93.1. The van der Waals surface area contributed by atoms with Gasteiger partial charge in [-0.05, 0) is 25.8 Å². The second-order valence-electron chi connectivity index (χ2n) is 3.00. The average Bonchev–Trinajstić information content (AvgIpc) is 2.11. The van der Waals surface area contributed by atoms with E-state index in [0.29, 0.717) is 0 Å². The number of nitrogens with one attached hydrogen (secondary N) is 1. The van der Waals surface area contributed by atoms with Crippen LogP contribution in [0.2, 0.25) is 0 Å². The Morgan fingerprint density at radius 1 is 1.22 bits per heavy atom. The van der Waals surface area contributed by atoms with Crippen LogP contribution in [-0.4, -0.2) is 30.7 Å². The molecule has 1 unspecified atom stereocenters. The number of likely N-dealkylation sites (tertiary alicyclic amines) is 1. The van der Waals surface area contributed by atoms with Crippen molar-refractivity contribution in [3.63, 3.8) is 0 Å². The molecule has 0 bridgehead atoms. The molecule has 2 aliphatic rings. The molecule has 9 heavy (non-hydrogen) atoms. The fourth-order valence-corrected chi connectivity index (χ4v) is 1.63. The lowest BCUT2D eigenvalue weighted by Crippen LogP contribution is -2.49.